The quantitative estimate of drug-likeness (QED) is 0.619. The van der Waals surface area contributed by atoms with Crippen LogP contribution in [-0.4, -0.2) is 28.3 Å². The molecule has 2 aromatic rings. The highest BCUT2D eigenvalue weighted by Crippen LogP contribution is 2.21. The lowest BCUT2D eigenvalue weighted by Crippen LogP contribution is -2.28. The van der Waals surface area contributed by atoms with Gasteiger partial charge in [-0.2, -0.15) is 9.78 Å². The maximum absolute atomic E-state index is 12.4. The van der Waals surface area contributed by atoms with E-state index in [9.17, 15) is 14.9 Å². The van der Waals surface area contributed by atoms with E-state index in [-0.39, 0.29) is 10.7 Å². The molecule has 0 unspecified atom stereocenters. The first-order valence-corrected chi connectivity index (χ1v) is 7.43. The molecule has 0 fully saturated rings. The fourth-order valence-electron chi connectivity index (χ4n) is 2.24. The van der Waals surface area contributed by atoms with E-state index < -0.39 is 10.5 Å². The van der Waals surface area contributed by atoms with Crippen LogP contribution in [0.5, 0.6) is 0 Å². The predicted octanol–water partition coefficient (Wildman–Crippen LogP) is 2.89. The van der Waals surface area contributed by atoms with Crippen molar-refractivity contribution in [3.63, 3.8) is 0 Å². The summed E-state index contributed by atoms with van der Waals surface area (Å²) in [5, 5.41) is 14.9. The molecule has 122 valence electrons. The normalized spacial score (nSPS) is 10.8. The zero-order chi connectivity index (χ0) is 17.1. The molecular formula is C15H17ClN4O3. The van der Waals surface area contributed by atoms with E-state index in [0.29, 0.717) is 17.3 Å². The van der Waals surface area contributed by atoms with E-state index in [2.05, 4.69) is 18.9 Å². The summed E-state index contributed by atoms with van der Waals surface area (Å²) in [5.41, 5.74) is 0.457. The Morgan fingerprint density at radius 3 is 2.48 bits per heavy atom. The first-order chi connectivity index (χ1) is 10.8. The number of nitrogens with zero attached hydrogens (tertiary/aromatic N) is 4. The minimum Gasteiger partial charge on any atom is -0.372 e. The average Bonchev–Trinajstić information content (AvgIpc) is 2.49. The number of nitro groups is 1. The standard InChI is InChI=1S/C15H17ClN4O3/c1-10(2)9-18(3)13-8-17-19(15(21)14(13)16)11-4-6-12(7-5-11)20(22)23/h4-8,10H,9H2,1-3H3. The number of benzene rings is 1. The Bertz CT molecular complexity index is 771. The van der Waals surface area contributed by atoms with Crippen molar-refractivity contribution < 1.29 is 4.92 Å². The van der Waals surface area contributed by atoms with Crippen LogP contribution in [0, 0.1) is 16.0 Å². The minimum atomic E-state index is -0.503. The molecule has 7 nitrogen and oxygen atoms in total. The number of rotatable bonds is 5. The number of hydrogen-bond acceptors (Lipinski definition) is 5. The van der Waals surface area contributed by atoms with E-state index in [1.807, 2.05) is 11.9 Å². The van der Waals surface area contributed by atoms with E-state index in [0.717, 1.165) is 11.2 Å². The van der Waals surface area contributed by atoms with Gasteiger partial charge in [0.1, 0.15) is 5.02 Å². The van der Waals surface area contributed by atoms with Gasteiger partial charge in [-0.3, -0.25) is 14.9 Å². The molecule has 0 saturated carbocycles. The smallest absolute Gasteiger partial charge is 0.292 e. The van der Waals surface area contributed by atoms with Crippen LogP contribution in [0.25, 0.3) is 5.69 Å². The monoisotopic (exact) mass is 336 g/mol. The highest BCUT2D eigenvalue weighted by Gasteiger charge is 2.15. The molecule has 8 heteroatoms. The van der Waals surface area contributed by atoms with E-state index >= 15 is 0 Å². The second kappa shape index (κ2) is 6.78. The molecule has 2 rings (SSSR count). The summed E-state index contributed by atoms with van der Waals surface area (Å²) >= 11 is 6.19. The summed E-state index contributed by atoms with van der Waals surface area (Å²) < 4.78 is 1.12. The summed E-state index contributed by atoms with van der Waals surface area (Å²) in [6, 6.07) is 5.55. The molecule has 0 atom stereocenters. The Kier molecular flexibility index (Phi) is 5.00. The lowest BCUT2D eigenvalue weighted by molar-refractivity contribution is -0.384. The molecule has 0 amide bonds. The highest BCUT2D eigenvalue weighted by atomic mass is 35.5. The first-order valence-electron chi connectivity index (χ1n) is 7.05. The van der Waals surface area contributed by atoms with Gasteiger partial charge >= 0.3 is 0 Å². The Labute approximate surface area is 138 Å². The second-order valence-corrected chi connectivity index (χ2v) is 5.99. The number of non-ortho nitro benzene ring substituents is 1. The third-order valence-electron chi connectivity index (χ3n) is 3.26. The number of hydrogen-bond donors (Lipinski definition) is 0. The minimum absolute atomic E-state index is 0.0545. The van der Waals surface area contributed by atoms with Gasteiger partial charge in [0.15, 0.2) is 0 Å². The molecule has 1 aromatic heterocycles. The molecule has 0 N–H and O–H groups in total. The van der Waals surface area contributed by atoms with Crippen LogP contribution in [0.2, 0.25) is 5.02 Å². The maximum atomic E-state index is 12.4. The number of halogens is 1. The molecule has 0 aliphatic rings. The van der Waals surface area contributed by atoms with Crippen LogP contribution >= 0.6 is 11.6 Å². The van der Waals surface area contributed by atoms with Crippen LogP contribution in [-0.2, 0) is 0 Å². The van der Waals surface area contributed by atoms with Crippen molar-refractivity contribution in [2.45, 2.75) is 13.8 Å². The van der Waals surface area contributed by atoms with Gasteiger partial charge in [0.2, 0.25) is 0 Å². The van der Waals surface area contributed by atoms with Gasteiger partial charge in [-0.25, -0.2) is 0 Å². The van der Waals surface area contributed by atoms with Crippen LogP contribution < -0.4 is 10.5 Å². The molecule has 0 aliphatic heterocycles. The van der Waals surface area contributed by atoms with Gasteiger partial charge in [-0.15, -0.1) is 0 Å². The van der Waals surface area contributed by atoms with Gasteiger partial charge < -0.3 is 4.90 Å². The van der Waals surface area contributed by atoms with Gasteiger partial charge in [-0.1, -0.05) is 25.4 Å². The molecule has 23 heavy (non-hydrogen) atoms. The third kappa shape index (κ3) is 3.68. The first kappa shape index (κ1) is 17.0. The molecule has 0 radical (unpaired) electrons. The zero-order valence-corrected chi connectivity index (χ0v) is 13.8. The number of nitro benzene ring substituents is 1. The molecular weight excluding hydrogens is 320 g/mol. The van der Waals surface area contributed by atoms with Crippen molar-refractivity contribution in [3.05, 3.63) is 56.0 Å². The SMILES string of the molecule is CC(C)CN(C)c1cnn(-c2ccc([N+](=O)[O-])cc2)c(=O)c1Cl. The van der Waals surface area contributed by atoms with Crippen molar-refractivity contribution in [2.75, 3.05) is 18.5 Å². The molecule has 0 saturated heterocycles. The zero-order valence-electron chi connectivity index (χ0n) is 13.1. The summed E-state index contributed by atoms with van der Waals surface area (Å²) in [4.78, 5) is 24.5. The van der Waals surface area contributed by atoms with Crippen LogP contribution in [0.4, 0.5) is 11.4 Å². The van der Waals surface area contributed by atoms with E-state index in [1.54, 1.807) is 0 Å². The Morgan fingerprint density at radius 1 is 1.35 bits per heavy atom. The van der Waals surface area contributed by atoms with Crippen molar-refractivity contribution in [1.82, 2.24) is 9.78 Å². The number of anilines is 1. The second-order valence-electron chi connectivity index (χ2n) is 5.61. The molecule has 1 aromatic carbocycles. The van der Waals surface area contributed by atoms with Crippen LogP contribution in [0.3, 0.4) is 0 Å². The van der Waals surface area contributed by atoms with E-state index in [4.69, 9.17) is 11.6 Å². The Morgan fingerprint density at radius 2 is 1.96 bits per heavy atom. The largest absolute Gasteiger partial charge is 0.372 e. The molecule has 0 spiro atoms. The third-order valence-corrected chi connectivity index (χ3v) is 3.61. The van der Waals surface area contributed by atoms with Crippen molar-refractivity contribution in [2.24, 2.45) is 5.92 Å². The van der Waals surface area contributed by atoms with Gasteiger partial charge in [0.05, 0.1) is 22.5 Å². The van der Waals surface area contributed by atoms with Crippen LogP contribution in [0.1, 0.15) is 13.8 Å². The number of aromatic nitrogens is 2. The molecule has 1 heterocycles. The van der Waals surface area contributed by atoms with E-state index in [1.165, 1.54) is 30.5 Å². The lowest BCUT2D eigenvalue weighted by Gasteiger charge is -2.22. The van der Waals surface area contributed by atoms with Gasteiger partial charge in [0.25, 0.3) is 11.2 Å². The average molecular weight is 337 g/mol. The Balaban J connectivity index is 2.40. The molecule has 0 bridgehead atoms. The molecule has 0 aliphatic carbocycles. The summed E-state index contributed by atoms with van der Waals surface area (Å²) in [6.45, 7) is 4.87. The lowest BCUT2D eigenvalue weighted by atomic mass is 10.2. The summed E-state index contributed by atoms with van der Waals surface area (Å²) in [7, 11) is 1.85. The van der Waals surface area contributed by atoms with Crippen LogP contribution in [0.15, 0.2) is 35.3 Å². The van der Waals surface area contributed by atoms with Crippen molar-refractivity contribution in [3.8, 4) is 5.69 Å². The highest BCUT2D eigenvalue weighted by molar-refractivity contribution is 6.33. The van der Waals surface area contributed by atoms with Gasteiger partial charge in [-0.05, 0) is 18.1 Å². The van der Waals surface area contributed by atoms with Crippen molar-refractivity contribution >= 4 is 23.0 Å². The topological polar surface area (TPSA) is 81.3 Å². The van der Waals surface area contributed by atoms with Gasteiger partial charge in [0, 0.05) is 25.7 Å². The maximum Gasteiger partial charge on any atom is 0.292 e. The summed E-state index contributed by atoms with van der Waals surface area (Å²) in [5.74, 6) is 0.410. The fraction of sp³-hybridized carbons (Fsp3) is 0.333. The predicted molar refractivity (Wildman–Crippen MR) is 89.6 cm³/mol. The fourth-order valence-corrected chi connectivity index (χ4v) is 2.51. The summed E-state index contributed by atoms with van der Waals surface area (Å²) in [6.07, 6.45) is 1.52. The van der Waals surface area contributed by atoms with Crippen molar-refractivity contribution in [1.29, 1.82) is 0 Å². The Hall–Kier alpha value is -2.41.